The fraction of sp³-hybridized carbons (Fsp3) is 0.212. The predicted octanol–water partition coefficient (Wildman–Crippen LogP) is 6.07. The van der Waals surface area contributed by atoms with Crippen molar-refractivity contribution in [1.29, 1.82) is 0 Å². The molecule has 5 aromatic rings. The van der Waals surface area contributed by atoms with Crippen LogP contribution in [0.2, 0.25) is 0 Å². The number of benzene rings is 3. The number of fused-ring (bicyclic) bond motifs is 1. The first-order chi connectivity index (χ1) is 20.4. The zero-order valence-electron chi connectivity index (χ0n) is 23.3. The summed E-state index contributed by atoms with van der Waals surface area (Å²) in [4.78, 5) is 45.0. The van der Waals surface area contributed by atoms with Crippen molar-refractivity contribution < 1.29 is 18.8 Å². The number of thiophene rings is 1. The monoisotopic (exact) mass is 579 g/mol. The van der Waals surface area contributed by atoms with Crippen LogP contribution in [0.1, 0.15) is 39.7 Å². The molecule has 0 aliphatic carbocycles. The molecule has 1 aliphatic rings. The van der Waals surface area contributed by atoms with E-state index in [2.05, 4.69) is 10.1 Å². The number of hydrogen-bond donors (Lipinski definition) is 1. The number of anilines is 1. The molecule has 1 N–H and O–H groups in total. The third kappa shape index (κ3) is 4.91. The number of aromatic amines is 1. The second kappa shape index (κ2) is 11.3. The molecule has 3 heterocycles. The number of carbonyl (C=O) groups excluding carboxylic acids is 2. The first kappa shape index (κ1) is 27.6. The zero-order valence-corrected chi connectivity index (χ0v) is 24.1. The van der Waals surface area contributed by atoms with Gasteiger partial charge in [0.05, 0.1) is 12.1 Å². The highest BCUT2D eigenvalue weighted by Crippen LogP contribution is 2.43. The maximum absolute atomic E-state index is 14.2. The number of aromatic nitrogens is 2. The molecule has 3 aromatic carbocycles. The molecule has 1 aliphatic heterocycles. The number of amides is 1. The van der Waals surface area contributed by atoms with Crippen molar-refractivity contribution in [3.05, 3.63) is 117 Å². The van der Waals surface area contributed by atoms with Gasteiger partial charge in [0, 0.05) is 17.6 Å². The van der Waals surface area contributed by atoms with Crippen LogP contribution in [0, 0.1) is 0 Å². The quantitative estimate of drug-likeness (QED) is 0.213. The van der Waals surface area contributed by atoms with Gasteiger partial charge in [-0.1, -0.05) is 90.9 Å². The van der Waals surface area contributed by atoms with Gasteiger partial charge in [0.2, 0.25) is 11.4 Å². The van der Waals surface area contributed by atoms with Gasteiger partial charge >= 0.3 is 5.76 Å². The van der Waals surface area contributed by atoms with Crippen molar-refractivity contribution >= 4 is 28.0 Å². The Morgan fingerprint density at radius 1 is 0.905 bits per heavy atom. The number of ketones is 1. The molecule has 1 atom stereocenters. The van der Waals surface area contributed by atoms with E-state index in [9.17, 15) is 14.4 Å². The largest absolute Gasteiger partial charge is 0.439 e. The number of rotatable bonds is 9. The summed E-state index contributed by atoms with van der Waals surface area (Å²) in [5, 5.41) is 4.51. The lowest BCUT2D eigenvalue weighted by atomic mass is 9.83. The lowest BCUT2D eigenvalue weighted by molar-refractivity contribution is -0.136. The molecule has 0 spiro atoms. The molecule has 42 heavy (non-hydrogen) atoms. The van der Waals surface area contributed by atoms with Gasteiger partial charge in [0.1, 0.15) is 5.00 Å². The van der Waals surface area contributed by atoms with Crippen molar-refractivity contribution in [2.45, 2.75) is 38.3 Å². The van der Waals surface area contributed by atoms with Gasteiger partial charge in [-0.2, -0.15) is 0 Å². The molecule has 0 fully saturated rings. The Balaban J connectivity index is 1.33. The molecular formula is C33H29N3O5S. The van der Waals surface area contributed by atoms with Gasteiger partial charge in [-0.3, -0.25) is 24.0 Å². The summed E-state index contributed by atoms with van der Waals surface area (Å²) in [7, 11) is 1.45. The average molecular weight is 580 g/mol. The van der Waals surface area contributed by atoms with E-state index < -0.39 is 11.4 Å². The van der Waals surface area contributed by atoms with Crippen molar-refractivity contribution in [2.75, 3.05) is 12.0 Å². The smallest absolute Gasteiger partial charge is 0.361 e. The minimum atomic E-state index is -1.59. The third-order valence-corrected chi connectivity index (χ3v) is 9.05. The molecule has 1 unspecified atom stereocenters. The number of hydrogen-bond acceptors (Lipinski definition) is 7. The van der Waals surface area contributed by atoms with Crippen LogP contribution < -0.4 is 10.7 Å². The average Bonchev–Trinajstić information content (AvgIpc) is 3.67. The number of carbonyl (C=O) groups is 2. The van der Waals surface area contributed by atoms with Crippen LogP contribution in [-0.4, -0.2) is 34.5 Å². The van der Waals surface area contributed by atoms with Crippen molar-refractivity contribution in [3.8, 4) is 22.5 Å². The Kier molecular flexibility index (Phi) is 7.45. The molecular weight excluding hydrogens is 550 g/mol. The van der Waals surface area contributed by atoms with Crippen molar-refractivity contribution in [3.63, 3.8) is 0 Å². The summed E-state index contributed by atoms with van der Waals surface area (Å²) in [5.41, 5.74) is 3.41. The molecule has 2 aromatic heterocycles. The van der Waals surface area contributed by atoms with Crippen LogP contribution >= 0.6 is 11.3 Å². The molecule has 0 saturated heterocycles. The first-order valence-electron chi connectivity index (χ1n) is 13.8. The van der Waals surface area contributed by atoms with E-state index in [0.717, 1.165) is 39.1 Å². The minimum absolute atomic E-state index is 0.248. The Morgan fingerprint density at radius 3 is 2.29 bits per heavy atom. The van der Waals surface area contributed by atoms with Gasteiger partial charge in [-0.25, -0.2) is 4.79 Å². The fourth-order valence-electron chi connectivity index (χ4n) is 5.46. The lowest BCUT2D eigenvalue weighted by Gasteiger charge is -2.39. The summed E-state index contributed by atoms with van der Waals surface area (Å²) >= 11 is 1.48. The number of H-pyrrole nitrogens is 1. The maximum Gasteiger partial charge on any atom is 0.439 e. The number of nitrogens with one attached hydrogen (secondary N) is 1. The summed E-state index contributed by atoms with van der Waals surface area (Å²) in [6, 6.07) is 27.2. The third-order valence-electron chi connectivity index (χ3n) is 7.74. The van der Waals surface area contributed by atoms with Crippen LogP contribution in [0.3, 0.4) is 0 Å². The van der Waals surface area contributed by atoms with Gasteiger partial charge in [-0.05, 0) is 47.6 Å². The van der Waals surface area contributed by atoms with Crippen LogP contribution in [0.25, 0.3) is 22.5 Å². The van der Waals surface area contributed by atoms with Crippen molar-refractivity contribution in [1.82, 2.24) is 10.1 Å². The summed E-state index contributed by atoms with van der Waals surface area (Å²) in [5.74, 6) is -0.875. The molecule has 0 bridgehead atoms. The Labute approximate surface area is 246 Å². The Hall–Kier alpha value is -4.60. The van der Waals surface area contributed by atoms with E-state index in [1.54, 1.807) is 4.90 Å². The topological polar surface area (TPSA) is 106 Å². The number of aryl methyl sites for hydroxylation is 2. The number of methoxy groups -OCH3 is 1. The fourth-order valence-corrected chi connectivity index (χ4v) is 6.55. The Morgan fingerprint density at radius 2 is 1.62 bits per heavy atom. The van der Waals surface area contributed by atoms with Crippen LogP contribution in [0.15, 0.2) is 94.2 Å². The van der Waals surface area contributed by atoms with E-state index in [4.69, 9.17) is 9.26 Å². The molecule has 9 heteroatoms. The van der Waals surface area contributed by atoms with Gasteiger partial charge < -0.3 is 4.74 Å². The number of ether oxygens (including phenoxy) is 1. The molecule has 0 saturated carbocycles. The van der Waals surface area contributed by atoms with E-state index in [1.807, 2.05) is 91.9 Å². The maximum atomic E-state index is 14.2. The molecule has 8 nitrogen and oxygen atoms in total. The molecule has 212 valence electrons. The van der Waals surface area contributed by atoms with Gasteiger partial charge in [0.25, 0.3) is 5.91 Å². The summed E-state index contributed by atoms with van der Waals surface area (Å²) < 4.78 is 10.6. The highest BCUT2D eigenvalue weighted by molar-refractivity contribution is 7.17. The highest BCUT2D eigenvalue weighted by atomic mass is 32.1. The normalized spacial score (nSPS) is 16.6. The van der Waals surface area contributed by atoms with E-state index >= 15 is 0 Å². The van der Waals surface area contributed by atoms with E-state index in [-0.39, 0.29) is 24.7 Å². The molecule has 6 rings (SSSR count). The summed E-state index contributed by atoms with van der Waals surface area (Å²) in [6.45, 7) is 2.33. The van der Waals surface area contributed by atoms with Crippen molar-refractivity contribution in [2.24, 2.45) is 0 Å². The summed E-state index contributed by atoms with van der Waals surface area (Å²) in [6.07, 6.45) is 1.55. The van der Waals surface area contributed by atoms with E-state index in [1.165, 1.54) is 18.4 Å². The zero-order chi connectivity index (χ0) is 29.3. The SMILES string of the molecule is CCc1cc2c(s1)N(Cc1ccc(-c3ccccc3-c3noc(=O)[nH]3)cc1)C(=O)C(CCc1ccccc1)(OC)C2=O. The molecule has 1 amide bonds. The predicted molar refractivity (Wildman–Crippen MR) is 162 cm³/mol. The van der Waals surface area contributed by atoms with E-state index in [0.29, 0.717) is 22.8 Å². The van der Waals surface area contributed by atoms with Crippen LogP contribution in [-0.2, 0) is 28.9 Å². The highest BCUT2D eigenvalue weighted by Gasteiger charge is 2.54. The standard InChI is InChI=1S/C33H29N3O5S/c1-3-24-19-27-28(37)33(40-2,18-17-21-9-5-4-6-10-21)31(38)36(30(27)42-24)20-22-13-15-23(16-14-22)25-11-7-8-12-26(25)29-34-32(39)41-35-29/h4-16,19H,3,17-18,20H2,1-2H3,(H,34,35,39). The van der Waals surface area contributed by atoms with Gasteiger partial charge in [0.15, 0.2) is 5.82 Å². The van der Waals surface area contributed by atoms with Crippen LogP contribution in [0.4, 0.5) is 5.00 Å². The Bertz CT molecular complexity index is 1810. The first-order valence-corrected chi connectivity index (χ1v) is 14.6. The lowest BCUT2D eigenvalue weighted by Crippen LogP contribution is -2.58. The minimum Gasteiger partial charge on any atom is -0.361 e. The van der Waals surface area contributed by atoms with Gasteiger partial charge in [-0.15, -0.1) is 11.3 Å². The second-order valence-corrected chi connectivity index (χ2v) is 11.3. The second-order valence-electron chi connectivity index (χ2n) is 10.2. The van der Waals surface area contributed by atoms with Crippen LogP contribution in [0.5, 0.6) is 0 Å². The number of Topliss-reactive ketones (excluding diaryl/α,β-unsaturated/α-hetero) is 1. The molecule has 0 radical (unpaired) electrons. The number of nitrogens with zero attached hydrogens (tertiary/aromatic N) is 2.